The van der Waals surface area contributed by atoms with Crippen LogP contribution in [0.5, 0.6) is 0 Å². The monoisotopic (exact) mass is 403 g/mol. The smallest absolute Gasteiger partial charge is 0.266 e. The van der Waals surface area contributed by atoms with E-state index in [1.54, 1.807) is 13.1 Å². The first kappa shape index (κ1) is 17.3. The largest absolute Gasteiger partial charge is 0.345 e. The summed E-state index contributed by atoms with van der Waals surface area (Å²) < 4.78 is 5.28. The number of allylic oxidation sites excluding steroid dienone is 1. The first-order valence-corrected chi connectivity index (χ1v) is 8.53. The normalized spacial score (nSPS) is 11.2. The minimum Gasteiger partial charge on any atom is -0.345 e. The predicted octanol–water partition coefficient (Wildman–Crippen LogP) is 2.38. The lowest BCUT2D eigenvalue weighted by atomic mass is 10.1. The molecular formula is C17H18BrN5O2. The van der Waals surface area contributed by atoms with E-state index in [1.807, 2.05) is 24.5 Å². The molecule has 0 aliphatic heterocycles. The molecule has 7 nitrogen and oxygen atoms in total. The Balaban J connectivity index is 1.99. The molecule has 0 N–H and O–H groups in total. The zero-order chi connectivity index (χ0) is 18.3. The molecule has 0 amide bonds. The van der Waals surface area contributed by atoms with Gasteiger partial charge in [0.2, 0.25) is 0 Å². The van der Waals surface area contributed by atoms with E-state index in [1.165, 1.54) is 15.6 Å². The quantitative estimate of drug-likeness (QED) is 0.484. The zero-order valence-corrected chi connectivity index (χ0v) is 15.9. The van der Waals surface area contributed by atoms with Crippen LogP contribution in [0, 0.1) is 13.8 Å². The van der Waals surface area contributed by atoms with Gasteiger partial charge >= 0.3 is 0 Å². The number of Topliss-reactive ketones (excluding diaryl/α,β-unsaturated/α-hetero) is 1. The van der Waals surface area contributed by atoms with E-state index in [9.17, 15) is 9.59 Å². The minimum atomic E-state index is -0.293. The zero-order valence-electron chi connectivity index (χ0n) is 14.3. The lowest BCUT2D eigenvalue weighted by Crippen LogP contribution is -2.25. The van der Waals surface area contributed by atoms with Crippen molar-refractivity contribution in [3.63, 3.8) is 0 Å². The Morgan fingerprint density at radius 1 is 1.40 bits per heavy atom. The van der Waals surface area contributed by atoms with Gasteiger partial charge in [0.15, 0.2) is 11.4 Å². The van der Waals surface area contributed by atoms with Crippen LogP contribution in [0.15, 0.2) is 34.4 Å². The highest BCUT2D eigenvalue weighted by atomic mass is 79.9. The first-order valence-electron chi connectivity index (χ1n) is 7.73. The number of nitrogens with zero attached hydrogens (tertiary/aromatic N) is 5. The van der Waals surface area contributed by atoms with Gasteiger partial charge in [0.1, 0.15) is 16.3 Å². The highest BCUT2D eigenvalue weighted by Gasteiger charge is 2.18. The Bertz CT molecular complexity index is 1060. The second-order valence-electron chi connectivity index (χ2n) is 5.90. The maximum atomic E-state index is 12.7. The van der Waals surface area contributed by atoms with Gasteiger partial charge in [0.25, 0.3) is 5.56 Å². The van der Waals surface area contributed by atoms with Crippen molar-refractivity contribution in [2.24, 2.45) is 7.05 Å². The lowest BCUT2D eigenvalue weighted by molar-refractivity contribution is 0.0970. The molecule has 0 saturated carbocycles. The number of hydrogen-bond donors (Lipinski definition) is 0. The number of aromatic nitrogens is 5. The Morgan fingerprint density at radius 2 is 2.12 bits per heavy atom. The Kier molecular flexibility index (Phi) is 4.47. The van der Waals surface area contributed by atoms with E-state index in [-0.39, 0.29) is 17.9 Å². The standard InChI is InChI=1S/C17H18BrN5O2/c1-5-6-23-10(2)7-12(11(23)3)13(24)8-22-9-19-16-14(17(22)25)15(18)20-21(16)4/h5,7,9H,1,6,8H2,2-4H3. The summed E-state index contributed by atoms with van der Waals surface area (Å²) >= 11 is 3.27. The average Bonchev–Trinajstić information content (AvgIpc) is 3.01. The average molecular weight is 404 g/mol. The van der Waals surface area contributed by atoms with E-state index in [4.69, 9.17) is 0 Å². The van der Waals surface area contributed by atoms with Gasteiger partial charge in [-0.2, -0.15) is 5.10 Å². The predicted molar refractivity (Wildman–Crippen MR) is 98.9 cm³/mol. The van der Waals surface area contributed by atoms with Crippen LogP contribution >= 0.6 is 15.9 Å². The van der Waals surface area contributed by atoms with Gasteiger partial charge < -0.3 is 4.57 Å². The first-order chi connectivity index (χ1) is 11.8. The van der Waals surface area contributed by atoms with Crippen LogP contribution in [-0.4, -0.2) is 29.7 Å². The van der Waals surface area contributed by atoms with Gasteiger partial charge in [-0.1, -0.05) is 6.08 Å². The summed E-state index contributed by atoms with van der Waals surface area (Å²) in [6.45, 7) is 8.15. The molecule has 130 valence electrons. The topological polar surface area (TPSA) is 74.7 Å². The number of rotatable bonds is 5. The van der Waals surface area contributed by atoms with Crippen molar-refractivity contribution < 1.29 is 4.79 Å². The van der Waals surface area contributed by atoms with Crippen molar-refractivity contribution in [1.29, 1.82) is 0 Å². The molecule has 3 aromatic rings. The molecule has 0 spiro atoms. The molecule has 0 atom stereocenters. The molecule has 0 fully saturated rings. The number of carbonyl (C=O) groups is 1. The molecule has 25 heavy (non-hydrogen) atoms. The van der Waals surface area contributed by atoms with Crippen LogP contribution in [0.3, 0.4) is 0 Å². The second-order valence-corrected chi connectivity index (χ2v) is 6.65. The molecule has 3 aromatic heterocycles. The Hall–Kier alpha value is -2.48. The second kappa shape index (κ2) is 6.44. The summed E-state index contributed by atoms with van der Waals surface area (Å²) in [7, 11) is 1.71. The van der Waals surface area contributed by atoms with Crippen molar-refractivity contribution in [2.45, 2.75) is 26.9 Å². The molecule has 0 radical (unpaired) electrons. The van der Waals surface area contributed by atoms with Crippen LogP contribution in [0.4, 0.5) is 0 Å². The summed E-state index contributed by atoms with van der Waals surface area (Å²) in [4.78, 5) is 29.6. The summed E-state index contributed by atoms with van der Waals surface area (Å²) in [5.41, 5.74) is 2.64. The van der Waals surface area contributed by atoms with E-state index >= 15 is 0 Å². The number of hydrogen-bond acceptors (Lipinski definition) is 4. The van der Waals surface area contributed by atoms with E-state index < -0.39 is 0 Å². The minimum absolute atomic E-state index is 0.0680. The number of halogens is 1. The molecule has 3 heterocycles. The molecule has 0 aliphatic rings. The number of aryl methyl sites for hydroxylation is 2. The lowest BCUT2D eigenvalue weighted by Gasteiger charge is -2.07. The highest BCUT2D eigenvalue weighted by Crippen LogP contribution is 2.18. The van der Waals surface area contributed by atoms with E-state index in [2.05, 4.69) is 32.6 Å². The van der Waals surface area contributed by atoms with Gasteiger partial charge in [-0.15, -0.1) is 6.58 Å². The van der Waals surface area contributed by atoms with Crippen LogP contribution in [0.2, 0.25) is 0 Å². The number of fused-ring (bicyclic) bond motifs is 1. The van der Waals surface area contributed by atoms with E-state index in [0.29, 0.717) is 27.7 Å². The molecule has 0 unspecified atom stereocenters. The third kappa shape index (κ3) is 2.86. The van der Waals surface area contributed by atoms with Crippen LogP contribution in [-0.2, 0) is 20.1 Å². The highest BCUT2D eigenvalue weighted by molar-refractivity contribution is 9.10. The molecular weight excluding hydrogens is 386 g/mol. The molecule has 0 bridgehead atoms. The maximum absolute atomic E-state index is 12.7. The third-order valence-electron chi connectivity index (χ3n) is 4.27. The van der Waals surface area contributed by atoms with Crippen LogP contribution in [0.25, 0.3) is 11.0 Å². The number of ketones is 1. The summed E-state index contributed by atoms with van der Waals surface area (Å²) in [6.07, 6.45) is 3.18. The van der Waals surface area contributed by atoms with Crippen molar-refractivity contribution in [3.8, 4) is 0 Å². The van der Waals surface area contributed by atoms with Gasteiger partial charge in [-0.25, -0.2) is 9.67 Å². The van der Waals surface area contributed by atoms with Crippen LogP contribution in [0.1, 0.15) is 21.7 Å². The summed E-state index contributed by atoms with van der Waals surface area (Å²) in [5, 5.41) is 4.51. The molecule has 8 heteroatoms. The fourth-order valence-corrected chi connectivity index (χ4v) is 3.57. The summed E-state index contributed by atoms with van der Waals surface area (Å²) in [5.74, 6) is -0.133. The van der Waals surface area contributed by atoms with Gasteiger partial charge in [-0.05, 0) is 35.8 Å². The van der Waals surface area contributed by atoms with E-state index in [0.717, 1.165) is 11.4 Å². The fourth-order valence-electron chi connectivity index (χ4n) is 2.98. The molecule has 0 aromatic carbocycles. The number of carbonyl (C=O) groups excluding carboxylic acids is 1. The SMILES string of the molecule is C=CCn1c(C)cc(C(=O)Cn2cnc3c(c(Br)nn3C)c2=O)c1C. The van der Waals surface area contributed by atoms with Gasteiger partial charge in [0, 0.05) is 30.5 Å². The molecule has 0 saturated heterocycles. The maximum Gasteiger partial charge on any atom is 0.266 e. The van der Waals surface area contributed by atoms with Crippen molar-refractivity contribution in [3.05, 3.63) is 57.0 Å². The fraction of sp³-hybridized carbons (Fsp3) is 0.294. The third-order valence-corrected chi connectivity index (χ3v) is 4.82. The van der Waals surface area contributed by atoms with Gasteiger partial charge in [0.05, 0.1) is 6.54 Å². The molecule has 3 rings (SSSR count). The van der Waals surface area contributed by atoms with Crippen molar-refractivity contribution in [1.82, 2.24) is 23.9 Å². The summed E-state index contributed by atoms with van der Waals surface area (Å²) in [6, 6.07) is 1.85. The van der Waals surface area contributed by atoms with Crippen molar-refractivity contribution >= 4 is 32.7 Å². The Labute approximate surface area is 152 Å². The van der Waals surface area contributed by atoms with Gasteiger partial charge in [-0.3, -0.25) is 14.2 Å². The Morgan fingerprint density at radius 3 is 2.80 bits per heavy atom. The van der Waals surface area contributed by atoms with Crippen LogP contribution < -0.4 is 5.56 Å². The van der Waals surface area contributed by atoms with Crippen molar-refractivity contribution in [2.75, 3.05) is 0 Å². The molecule has 0 aliphatic carbocycles.